The highest BCUT2D eigenvalue weighted by molar-refractivity contribution is 7.98. The number of aryl methyl sites for hydroxylation is 1. The molecule has 4 N–H and O–H groups in total. The van der Waals surface area contributed by atoms with E-state index in [0.29, 0.717) is 66.4 Å². The molecule has 0 heterocycles. The van der Waals surface area contributed by atoms with E-state index in [9.17, 15) is 14.4 Å². The third kappa shape index (κ3) is 7.19. The van der Waals surface area contributed by atoms with E-state index in [-0.39, 0.29) is 29.5 Å². The Kier molecular flexibility index (Phi) is 11.5. The minimum Gasteiger partial charge on any atom is -0.493 e. The lowest BCUT2D eigenvalue weighted by molar-refractivity contribution is -0.122. The number of aliphatic hydroxyl groups excluding tert-OH is 1. The van der Waals surface area contributed by atoms with E-state index >= 15 is 0 Å². The van der Waals surface area contributed by atoms with Crippen LogP contribution in [-0.2, 0) is 16.0 Å². The maximum absolute atomic E-state index is 13.6. The molecule has 218 valence electrons. The van der Waals surface area contributed by atoms with Crippen molar-refractivity contribution in [2.45, 2.75) is 44.7 Å². The molecule has 0 radical (unpaired) electrons. The molecule has 2 aromatic rings. The monoisotopic (exact) mass is 573 g/mol. The van der Waals surface area contributed by atoms with Gasteiger partial charge in [0.15, 0.2) is 11.5 Å². The Morgan fingerprint density at radius 3 is 2.50 bits per heavy atom. The fourth-order valence-electron chi connectivity index (χ4n) is 4.93. The van der Waals surface area contributed by atoms with Crippen LogP contribution in [0.1, 0.15) is 43.4 Å². The molecule has 2 aromatic carbocycles. The molecule has 0 spiro atoms. The number of thioether (sulfide) groups is 1. The summed E-state index contributed by atoms with van der Waals surface area (Å²) in [6, 6.07) is 5.85. The second-order valence-electron chi connectivity index (χ2n) is 9.44. The summed E-state index contributed by atoms with van der Waals surface area (Å²) in [5, 5.41) is 18.0. The van der Waals surface area contributed by atoms with E-state index in [1.165, 1.54) is 20.1 Å². The highest BCUT2D eigenvalue weighted by atomic mass is 32.2. The zero-order valence-corrected chi connectivity index (χ0v) is 24.5. The van der Waals surface area contributed by atoms with Gasteiger partial charge < -0.3 is 35.3 Å². The van der Waals surface area contributed by atoms with Crippen LogP contribution in [0.25, 0.3) is 11.1 Å². The number of hydrogen-bond donors (Lipinski definition) is 4. The topological polar surface area (TPSA) is 135 Å². The summed E-state index contributed by atoms with van der Waals surface area (Å²) in [6.07, 6.45) is 4.05. The molecular weight excluding hydrogens is 534 g/mol. The highest BCUT2D eigenvalue weighted by Crippen LogP contribution is 2.50. The van der Waals surface area contributed by atoms with Gasteiger partial charge in [-0.15, -0.1) is 0 Å². The van der Waals surface area contributed by atoms with E-state index in [0.717, 1.165) is 11.1 Å². The average molecular weight is 574 g/mol. The molecule has 0 saturated carbocycles. The lowest BCUT2D eigenvalue weighted by Gasteiger charge is -2.19. The molecular formula is C29H39N3O7S. The van der Waals surface area contributed by atoms with Crippen molar-refractivity contribution >= 4 is 29.3 Å². The minimum atomic E-state index is -0.640. The van der Waals surface area contributed by atoms with E-state index in [1.54, 1.807) is 32.0 Å². The van der Waals surface area contributed by atoms with Crippen molar-refractivity contribution in [1.29, 1.82) is 0 Å². The van der Waals surface area contributed by atoms with Crippen molar-refractivity contribution in [3.05, 3.63) is 45.6 Å². The molecule has 11 heteroatoms. The Morgan fingerprint density at radius 2 is 1.88 bits per heavy atom. The van der Waals surface area contributed by atoms with Gasteiger partial charge in [-0.1, -0.05) is 6.07 Å². The zero-order chi connectivity index (χ0) is 29.2. The van der Waals surface area contributed by atoms with E-state index in [1.807, 2.05) is 18.4 Å². The number of benzene rings is 1. The molecule has 0 bridgehead atoms. The van der Waals surface area contributed by atoms with Crippen molar-refractivity contribution < 1.29 is 28.9 Å². The number of carbonyl (C=O) groups is 2. The van der Waals surface area contributed by atoms with E-state index in [4.69, 9.17) is 19.3 Å². The van der Waals surface area contributed by atoms with Gasteiger partial charge in [0, 0.05) is 25.6 Å². The summed E-state index contributed by atoms with van der Waals surface area (Å²) >= 11 is 1.61. The van der Waals surface area contributed by atoms with Crippen molar-refractivity contribution in [2.75, 3.05) is 51.8 Å². The molecule has 3 rings (SSSR count). The quantitative estimate of drug-likeness (QED) is 0.267. The lowest BCUT2D eigenvalue weighted by Crippen LogP contribution is -2.41. The Balaban J connectivity index is 2.19. The number of aliphatic hydroxyl groups is 1. The summed E-state index contributed by atoms with van der Waals surface area (Å²) in [6.45, 7) is 1.77. The number of methoxy groups -OCH3 is 3. The van der Waals surface area contributed by atoms with Crippen LogP contribution in [0.4, 0.5) is 5.69 Å². The minimum absolute atomic E-state index is 0.0228. The van der Waals surface area contributed by atoms with Gasteiger partial charge in [0.1, 0.15) is 6.04 Å². The van der Waals surface area contributed by atoms with Crippen molar-refractivity contribution in [1.82, 2.24) is 10.6 Å². The first-order chi connectivity index (χ1) is 19.3. The number of carbonyl (C=O) groups excluding carboxylic acids is 2. The Labute approximate surface area is 239 Å². The molecule has 0 fully saturated rings. The summed E-state index contributed by atoms with van der Waals surface area (Å²) < 4.78 is 17.0. The largest absolute Gasteiger partial charge is 0.493 e. The molecule has 0 aromatic heterocycles. The molecule has 40 heavy (non-hydrogen) atoms. The Hall–Kier alpha value is -3.44. The van der Waals surface area contributed by atoms with E-state index in [2.05, 4.69) is 16.0 Å². The molecule has 0 aliphatic heterocycles. The first-order valence-corrected chi connectivity index (χ1v) is 14.6. The van der Waals surface area contributed by atoms with Gasteiger partial charge in [0.25, 0.3) is 0 Å². The third-order valence-electron chi connectivity index (χ3n) is 6.81. The van der Waals surface area contributed by atoms with Crippen LogP contribution in [-0.4, -0.2) is 69.5 Å². The Bertz CT molecular complexity index is 1270. The fourth-order valence-corrected chi connectivity index (χ4v) is 5.40. The number of nitrogens with one attached hydrogen (secondary N) is 3. The van der Waals surface area contributed by atoms with Gasteiger partial charge in [-0.2, -0.15) is 11.8 Å². The SMILES string of the molecule is COc1cc2c(c(OC)c1OC)-c1ccc(NC(CCSC)C(=O)NCCCO)c(=O)cc1C(NC(C)=O)CC2. The molecule has 1 aliphatic rings. The zero-order valence-electron chi connectivity index (χ0n) is 23.7. The maximum atomic E-state index is 13.6. The van der Waals surface area contributed by atoms with Gasteiger partial charge in [0.2, 0.25) is 23.0 Å². The van der Waals surface area contributed by atoms with Crippen LogP contribution in [0.3, 0.4) is 0 Å². The second-order valence-corrected chi connectivity index (χ2v) is 10.4. The third-order valence-corrected chi connectivity index (χ3v) is 7.45. The molecule has 2 atom stereocenters. The first-order valence-electron chi connectivity index (χ1n) is 13.2. The van der Waals surface area contributed by atoms with E-state index < -0.39 is 12.1 Å². The lowest BCUT2D eigenvalue weighted by atomic mass is 9.95. The van der Waals surface area contributed by atoms with Gasteiger partial charge in [-0.25, -0.2) is 0 Å². The summed E-state index contributed by atoms with van der Waals surface area (Å²) in [5.41, 5.74) is 2.99. The number of ether oxygens (including phenoxy) is 3. The van der Waals surface area contributed by atoms with Crippen molar-refractivity contribution in [3.8, 4) is 28.4 Å². The number of hydrogen-bond acceptors (Lipinski definition) is 9. The predicted octanol–water partition coefficient (Wildman–Crippen LogP) is 2.90. The van der Waals surface area contributed by atoms with Crippen LogP contribution in [0.15, 0.2) is 29.1 Å². The van der Waals surface area contributed by atoms with Gasteiger partial charge >= 0.3 is 0 Å². The van der Waals surface area contributed by atoms with Gasteiger partial charge in [0.05, 0.1) is 33.1 Å². The normalized spacial score (nSPS) is 14.6. The molecule has 2 amide bonds. The standard InChI is InChI=1S/C29H39N3O7S/c1-17(34)31-21-9-7-18-15-25(37-2)27(38-3)28(39-4)26(18)19-8-10-22(24(35)16-20(19)21)32-23(11-14-40-5)29(36)30-12-6-13-33/h8,10,15-16,21,23,33H,6-7,9,11-14H2,1-5H3,(H,30,36)(H,31,34)(H,32,35). The van der Waals surface area contributed by atoms with Gasteiger partial charge in [-0.05, 0) is 72.6 Å². The number of anilines is 1. The first kappa shape index (κ1) is 31.1. The van der Waals surface area contributed by atoms with Crippen molar-refractivity contribution in [3.63, 3.8) is 0 Å². The average Bonchev–Trinajstić information content (AvgIpc) is 3.18. The van der Waals surface area contributed by atoms with Crippen LogP contribution in [0, 0.1) is 0 Å². The number of amides is 2. The predicted molar refractivity (Wildman–Crippen MR) is 158 cm³/mol. The van der Waals surface area contributed by atoms with Crippen LogP contribution in [0.2, 0.25) is 0 Å². The number of rotatable bonds is 13. The van der Waals surface area contributed by atoms with Gasteiger partial charge in [-0.3, -0.25) is 14.4 Å². The Morgan fingerprint density at radius 1 is 1.12 bits per heavy atom. The summed E-state index contributed by atoms with van der Waals surface area (Å²) in [5.74, 6) is 1.68. The van der Waals surface area contributed by atoms with Crippen LogP contribution in [0.5, 0.6) is 17.2 Å². The molecule has 2 unspecified atom stereocenters. The summed E-state index contributed by atoms with van der Waals surface area (Å²) in [4.78, 5) is 38.7. The second kappa shape index (κ2) is 14.8. The number of fused-ring (bicyclic) bond motifs is 3. The molecule has 10 nitrogen and oxygen atoms in total. The molecule has 0 saturated heterocycles. The van der Waals surface area contributed by atoms with Crippen LogP contribution >= 0.6 is 11.8 Å². The summed E-state index contributed by atoms with van der Waals surface area (Å²) in [7, 11) is 4.64. The smallest absolute Gasteiger partial charge is 0.242 e. The highest BCUT2D eigenvalue weighted by Gasteiger charge is 2.29. The molecule has 1 aliphatic carbocycles. The maximum Gasteiger partial charge on any atom is 0.242 e. The van der Waals surface area contributed by atoms with Crippen LogP contribution < -0.4 is 35.6 Å². The fraction of sp³-hybridized carbons (Fsp3) is 0.483. The van der Waals surface area contributed by atoms with Crippen molar-refractivity contribution in [2.24, 2.45) is 0 Å².